The Labute approximate surface area is 156 Å². The number of anilines is 1. The summed E-state index contributed by atoms with van der Waals surface area (Å²) in [5.74, 6) is -0.752. The van der Waals surface area contributed by atoms with Crippen LogP contribution in [0.3, 0.4) is 0 Å². The van der Waals surface area contributed by atoms with E-state index in [1.807, 2.05) is 12.1 Å². The van der Waals surface area contributed by atoms with Crippen LogP contribution < -0.4 is 15.4 Å². The second-order valence-electron chi connectivity index (χ2n) is 5.80. The molecule has 0 radical (unpaired) electrons. The lowest BCUT2D eigenvalue weighted by molar-refractivity contribution is -0.134. The summed E-state index contributed by atoms with van der Waals surface area (Å²) in [4.78, 5) is 28.0. The van der Waals surface area contributed by atoms with E-state index < -0.39 is 11.8 Å². The molecule has 3 rings (SSSR count). The standard InChI is InChI=1S/C20H19N3O4/c24-18(17(19(25)26)11-14-5-2-1-3-6-14)13-27-16-8-4-7-15(12-16)23-20-21-9-10-22-20/h1-8,11-12H,9-10,13H2,(H,25,26)(H2,21,22,23). The summed E-state index contributed by atoms with van der Waals surface area (Å²) in [5, 5.41) is 15.5. The summed E-state index contributed by atoms with van der Waals surface area (Å²) in [6.45, 7) is 1.14. The predicted octanol–water partition coefficient (Wildman–Crippen LogP) is 2.17. The van der Waals surface area contributed by atoms with Crippen LogP contribution in [0.1, 0.15) is 5.56 Å². The number of carboxylic acid groups (broad SMARTS) is 1. The smallest absolute Gasteiger partial charge is 0.339 e. The number of hydrogen-bond acceptors (Lipinski definition) is 6. The van der Waals surface area contributed by atoms with Crippen LogP contribution in [-0.2, 0) is 9.59 Å². The minimum atomic E-state index is -1.28. The summed E-state index contributed by atoms with van der Waals surface area (Å²) in [7, 11) is 0. The van der Waals surface area contributed by atoms with Crippen LogP contribution in [0, 0.1) is 0 Å². The van der Waals surface area contributed by atoms with Gasteiger partial charge in [-0.25, -0.2) is 4.79 Å². The molecule has 1 heterocycles. The third kappa shape index (κ3) is 5.18. The molecular formula is C20H19N3O4. The minimum Gasteiger partial charge on any atom is -0.485 e. The average Bonchev–Trinajstić information content (AvgIpc) is 3.18. The highest BCUT2D eigenvalue weighted by Gasteiger charge is 2.18. The first-order valence-electron chi connectivity index (χ1n) is 8.43. The summed E-state index contributed by atoms with van der Waals surface area (Å²) in [5.41, 5.74) is 1.07. The Morgan fingerprint density at radius 1 is 1.19 bits per heavy atom. The fourth-order valence-corrected chi connectivity index (χ4v) is 2.49. The summed E-state index contributed by atoms with van der Waals surface area (Å²) < 4.78 is 5.49. The first-order chi connectivity index (χ1) is 13.1. The van der Waals surface area contributed by atoms with Crippen LogP contribution in [0.4, 0.5) is 5.69 Å². The monoisotopic (exact) mass is 365 g/mol. The number of ether oxygens (including phenoxy) is 1. The molecule has 1 aliphatic heterocycles. The Hall–Kier alpha value is -3.61. The molecule has 0 aromatic heterocycles. The molecule has 7 nitrogen and oxygen atoms in total. The Bertz CT molecular complexity index is 891. The molecule has 3 N–H and O–H groups in total. The molecule has 2 aromatic carbocycles. The topological polar surface area (TPSA) is 100 Å². The third-order valence-corrected chi connectivity index (χ3v) is 3.78. The largest absolute Gasteiger partial charge is 0.485 e. The van der Waals surface area contributed by atoms with Crippen molar-refractivity contribution >= 4 is 29.5 Å². The van der Waals surface area contributed by atoms with Gasteiger partial charge in [0.15, 0.2) is 12.6 Å². The molecule has 2 aromatic rings. The minimum absolute atomic E-state index is 0.319. The quantitative estimate of drug-likeness (QED) is 0.395. The Balaban J connectivity index is 1.65. The summed E-state index contributed by atoms with van der Waals surface area (Å²) in [6.07, 6.45) is 1.34. The van der Waals surface area contributed by atoms with Crippen LogP contribution in [0.25, 0.3) is 6.08 Å². The number of benzene rings is 2. The first kappa shape index (κ1) is 18.2. The zero-order valence-corrected chi connectivity index (χ0v) is 14.5. The van der Waals surface area contributed by atoms with E-state index in [4.69, 9.17) is 4.74 Å². The highest BCUT2D eigenvalue weighted by Crippen LogP contribution is 2.18. The van der Waals surface area contributed by atoms with Crippen molar-refractivity contribution in [3.8, 4) is 5.75 Å². The molecule has 0 saturated carbocycles. The van der Waals surface area contributed by atoms with Crippen molar-refractivity contribution in [3.05, 3.63) is 65.7 Å². The van der Waals surface area contributed by atoms with Gasteiger partial charge in [0.1, 0.15) is 11.3 Å². The summed E-state index contributed by atoms with van der Waals surface area (Å²) >= 11 is 0. The van der Waals surface area contributed by atoms with Gasteiger partial charge in [-0.05, 0) is 23.8 Å². The normalized spacial score (nSPS) is 13.5. The lowest BCUT2D eigenvalue weighted by Gasteiger charge is -2.10. The number of nitrogens with zero attached hydrogens (tertiary/aromatic N) is 1. The van der Waals surface area contributed by atoms with Crippen LogP contribution in [0.2, 0.25) is 0 Å². The fourth-order valence-electron chi connectivity index (χ4n) is 2.49. The maximum atomic E-state index is 12.3. The molecule has 0 bridgehead atoms. The number of nitrogens with one attached hydrogen (secondary N) is 2. The van der Waals surface area contributed by atoms with E-state index in [0.717, 1.165) is 18.8 Å². The van der Waals surface area contributed by atoms with Crippen LogP contribution in [-0.4, -0.2) is 42.5 Å². The van der Waals surface area contributed by atoms with Crippen molar-refractivity contribution in [2.24, 2.45) is 4.99 Å². The number of hydrogen-bond donors (Lipinski definition) is 3. The molecule has 1 aliphatic rings. The van der Waals surface area contributed by atoms with Crippen molar-refractivity contribution in [2.45, 2.75) is 0 Å². The molecule has 7 heteroatoms. The third-order valence-electron chi connectivity index (χ3n) is 3.78. The van der Waals surface area contributed by atoms with Crippen molar-refractivity contribution in [1.82, 2.24) is 5.32 Å². The van der Waals surface area contributed by atoms with Gasteiger partial charge in [0.25, 0.3) is 0 Å². The SMILES string of the molecule is O=C(O)C(=Cc1ccccc1)C(=O)COc1cccc(NC2=NCCN2)c1. The van der Waals surface area contributed by atoms with Gasteiger partial charge in [-0.1, -0.05) is 36.4 Å². The molecule has 0 spiro atoms. The predicted molar refractivity (Wildman–Crippen MR) is 103 cm³/mol. The average molecular weight is 365 g/mol. The number of carbonyl (C=O) groups excluding carboxylic acids is 1. The fraction of sp³-hybridized carbons (Fsp3) is 0.150. The van der Waals surface area contributed by atoms with Gasteiger partial charge < -0.3 is 20.5 Å². The maximum absolute atomic E-state index is 12.3. The zero-order chi connectivity index (χ0) is 19.1. The van der Waals surface area contributed by atoms with E-state index >= 15 is 0 Å². The molecule has 138 valence electrons. The van der Waals surface area contributed by atoms with Gasteiger partial charge in [-0.2, -0.15) is 0 Å². The van der Waals surface area contributed by atoms with Gasteiger partial charge in [0.05, 0.1) is 6.54 Å². The molecule has 0 atom stereocenters. The van der Waals surface area contributed by atoms with Gasteiger partial charge in [0, 0.05) is 18.3 Å². The van der Waals surface area contributed by atoms with Crippen molar-refractivity contribution < 1.29 is 19.4 Å². The zero-order valence-electron chi connectivity index (χ0n) is 14.5. The van der Waals surface area contributed by atoms with Crippen molar-refractivity contribution in [3.63, 3.8) is 0 Å². The Morgan fingerprint density at radius 2 is 2.00 bits per heavy atom. The van der Waals surface area contributed by atoms with E-state index in [9.17, 15) is 14.7 Å². The summed E-state index contributed by atoms with van der Waals surface area (Å²) in [6, 6.07) is 15.8. The number of carboxylic acids is 1. The Morgan fingerprint density at radius 3 is 2.70 bits per heavy atom. The highest BCUT2D eigenvalue weighted by atomic mass is 16.5. The van der Waals surface area contributed by atoms with E-state index in [0.29, 0.717) is 17.3 Å². The molecule has 0 amide bonds. The van der Waals surface area contributed by atoms with Gasteiger partial charge in [-0.15, -0.1) is 0 Å². The van der Waals surface area contributed by atoms with E-state index in [1.54, 1.807) is 42.5 Å². The molecule has 0 saturated heterocycles. The second kappa shape index (κ2) is 8.66. The lowest BCUT2D eigenvalue weighted by Crippen LogP contribution is -2.26. The molecule has 0 fully saturated rings. The highest BCUT2D eigenvalue weighted by molar-refractivity contribution is 6.20. The van der Waals surface area contributed by atoms with Crippen LogP contribution in [0.5, 0.6) is 5.75 Å². The molecule has 0 aliphatic carbocycles. The van der Waals surface area contributed by atoms with Gasteiger partial charge >= 0.3 is 5.97 Å². The van der Waals surface area contributed by atoms with Crippen LogP contribution in [0.15, 0.2) is 65.2 Å². The number of guanidine groups is 1. The maximum Gasteiger partial charge on any atom is 0.339 e. The number of rotatable bonds is 7. The number of aliphatic imine (C=N–C) groups is 1. The molecule has 0 unspecified atom stereocenters. The van der Waals surface area contributed by atoms with E-state index in [-0.39, 0.29) is 12.2 Å². The number of carbonyl (C=O) groups is 2. The molecular weight excluding hydrogens is 346 g/mol. The number of Topliss-reactive ketones (excluding diaryl/α,β-unsaturated/α-hetero) is 1. The van der Waals surface area contributed by atoms with Gasteiger partial charge in [-0.3, -0.25) is 9.79 Å². The number of aliphatic carboxylic acids is 1. The van der Waals surface area contributed by atoms with Crippen LogP contribution >= 0.6 is 0 Å². The van der Waals surface area contributed by atoms with Crippen molar-refractivity contribution in [1.29, 1.82) is 0 Å². The first-order valence-corrected chi connectivity index (χ1v) is 8.43. The Kier molecular flexibility index (Phi) is 5.84. The van der Waals surface area contributed by atoms with Crippen molar-refractivity contribution in [2.75, 3.05) is 25.0 Å². The van der Waals surface area contributed by atoms with Gasteiger partial charge in [0.2, 0.25) is 5.78 Å². The van der Waals surface area contributed by atoms with E-state index in [2.05, 4.69) is 15.6 Å². The van der Waals surface area contributed by atoms with E-state index in [1.165, 1.54) is 6.08 Å². The lowest BCUT2D eigenvalue weighted by atomic mass is 10.1. The molecule has 27 heavy (non-hydrogen) atoms. The number of ketones is 1. The second-order valence-corrected chi connectivity index (χ2v) is 5.80.